The Morgan fingerprint density at radius 2 is 1.58 bits per heavy atom. The fourth-order valence-corrected chi connectivity index (χ4v) is 2.11. The van der Waals surface area contributed by atoms with Crippen LogP contribution in [0.5, 0.6) is 0 Å². The van der Waals surface area contributed by atoms with Gasteiger partial charge < -0.3 is 10.8 Å². The Hall–Kier alpha value is -0.860. The van der Waals surface area contributed by atoms with E-state index in [0.717, 1.165) is 18.4 Å². The van der Waals surface area contributed by atoms with Crippen molar-refractivity contribution in [3.8, 4) is 0 Å². The third kappa shape index (κ3) is 4.96. The molecular formula is C17H29NO. The van der Waals surface area contributed by atoms with E-state index in [0.29, 0.717) is 5.92 Å². The molecule has 0 heterocycles. The van der Waals surface area contributed by atoms with Gasteiger partial charge in [-0.25, -0.2) is 0 Å². The second-order valence-electron chi connectivity index (χ2n) is 6.94. The quantitative estimate of drug-likeness (QED) is 0.849. The maximum atomic E-state index is 10.1. The Labute approximate surface area is 118 Å². The smallest absolute Gasteiger partial charge is 0.0732 e. The van der Waals surface area contributed by atoms with Crippen molar-refractivity contribution in [1.29, 1.82) is 0 Å². The van der Waals surface area contributed by atoms with Gasteiger partial charge in [-0.05, 0) is 35.3 Å². The maximum Gasteiger partial charge on any atom is 0.0732 e. The minimum atomic E-state index is -0.456. The van der Waals surface area contributed by atoms with Gasteiger partial charge in [0.2, 0.25) is 0 Å². The Morgan fingerprint density at radius 3 is 2.00 bits per heavy atom. The summed E-state index contributed by atoms with van der Waals surface area (Å²) >= 11 is 0. The molecule has 19 heavy (non-hydrogen) atoms. The Balaban J connectivity index is 2.69. The highest BCUT2D eigenvalue weighted by Crippen LogP contribution is 2.25. The molecule has 0 unspecified atom stereocenters. The molecule has 0 saturated heterocycles. The van der Waals surface area contributed by atoms with Crippen molar-refractivity contribution in [2.45, 2.75) is 65.0 Å². The van der Waals surface area contributed by atoms with E-state index in [-0.39, 0.29) is 11.5 Å². The van der Waals surface area contributed by atoms with E-state index >= 15 is 0 Å². The predicted molar refractivity (Wildman–Crippen MR) is 82.1 cm³/mol. The van der Waals surface area contributed by atoms with Crippen molar-refractivity contribution < 1.29 is 5.11 Å². The highest BCUT2D eigenvalue weighted by molar-refractivity contribution is 5.29. The van der Waals surface area contributed by atoms with Crippen LogP contribution >= 0.6 is 0 Å². The van der Waals surface area contributed by atoms with Crippen molar-refractivity contribution in [3.63, 3.8) is 0 Å². The van der Waals surface area contributed by atoms with Gasteiger partial charge in [-0.2, -0.15) is 0 Å². The number of benzene rings is 1. The lowest BCUT2D eigenvalue weighted by Crippen LogP contribution is -2.26. The molecule has 1 aromatic carbocycles. The first-order chi connectivity index (χ1) is 8.71. The van der Waals surface area contributed by atoms with Crippen LogP contribution in [-0.2, 0) is 5.41 Å². The van der Waals surface area contributed by atoms with Crippen LogP contribution < -0.4 is 5.73 Å². The maximum absolute atomic E-state index is 10.1. The molecule has 2 nitrogen and oxygen atoms in total. The van der Waals surface area contributed by atoms with Crippen LogP contribution in [0.15, 0.2) is 24.3 Å². The van der Waals surface area contributed by atoms with Crippen molar-refractivity contribution in [1.82, 2.24) is 0 Å². The van der Waals surface area contributed by atoms with E-state index in [1.165, 1.54) is 5.56 Å². The van der Waals surface area contributed by atoms with Gasteiger partial charge >= 0.3 is 0 Å². The first kappa shape index (κ1) is 16.2. The molecule has 0 amide bonds. The average molecular weight is 263 g/mol. The number of hydrogen-bond acceptors (Lipinski definition) is 2. The molecule has 0 aliphatic carbocycles. The summed E-state index contributed by atoms with van der Waals surface area (Å²) < 4.78 is 0. The number of nitrogens with two attached hydrogens (primary N) is 1. The van der Waals surface area contributed by atoms with Gasteiger partial charge in [-0.15, -0.1) is 0 Å². The lowest BCUT2D eigenvalue weighted by atomic mass is 9.85. The molecule has 0 aliphatic heterocycles. The van der Waals surface area contributed by atoms with Crippen LogP contribution in [-0.4, -0.2) is 11.2 Å². The minimum absolute atomic E-state index is 0.152. The topological polar surface area (TPSA) is 46.2 Å². The van der Waals surface area contributed by atoms with Crippen molar-refractivity contribution >= 4 is 0 Å². The summed E-state index contributed by atoms with van der Waals surface area (Å²) in [5.74, 6) is 0.602. The molecule has 108 valence electrons. The van der Waals surface area contributed by atoms with Gasteiger partial charge in [-0.1, -0.05) is 58.9 Å². The lowest BCUT2D eigenvalue weighted by Gasteiger charge is -2.23. The van der Waals surface area contributed by atoms with E-state index in [2.05, 4.69) is 46.8 Å². The van der Waals surface area contributed by atoms with Crippen LogP contribution in [0.25, 0.3) is 0 Å². The monoisotopic (exact) mass is 263 g/mol. The fraction of sp³-hybridized carbons (Fsp3) is 0.647. The summed E-state index contributed by atoms with van der Waals surface area (Å²) in [6.07, 6.45) is 1.32. The number of rotatable bonds is 5. The first-order valence-electron chi connectivity index (χ1n) is 7.26. The molecule has 0 aromatic heterocycles. The molecule has 0 fully saturated rings. The largest absolute Gasteiger partial charge is 0.391 e. The van der Waals surface area contributed by atoms with Gasteiger partial charge in [0.15, 0.2) is 0 Å². The van der Waals surface area contributed by atoms with Crippen LogP contribution in [0.1, 0.15) is 64.6 Å². The zero-order valence-electron chi connectivity index (χ0n) is 13.0. The van der Waals surface area contributed by atoms with Crippen LogP contribution in [0.2, 0.25) is 0 Å². The van der Waals surface area contributed by atoms with Crippen molar-refractivity contribution in [2.24, 2.45) is 11.7 Å². The molecule has 1 rings (SSSR count). The molecule has 0 aliphatic rings. The SMILES string of the molecule is CC(C)CC[C@@H](O)[C@@H](N)c1ccc(C(C)(C)C)cc1. The summed E-state index contributed by atoms with van der Waals surface area (Å²) in [5.41, 5.74) is 8.60. The molecule has 0 spiro atoms. The standard InChI is InChI=1S/C17H29NO/c1-12(2)6-11-15(19)16(18)13-7-9-14(10-8-13)17(3,4)5/h7-10,12,15-16,19H,6,11,18H2,1-5H3/t15-,16+/m1/s1. The summed E-state index contributed by atoms with van der Waals surface area (Å²) in [6.45, 7) is 10.9. The van der Waals surface area contributed by atoms with E-state index in [9.17, 15) is 5.11 Å². The molecule has 0 bridgehead atoms. The fourth-order valence-electron chi connectivity index (χ4n) is 2.11. The highest BCUT2D eigenvalue weighted by Gasteiger charge is 2.18. The Morgan fingerprint density at radius 1 is 1.05 bits per heavy atom. The van der Waals surface area contributed by atoms with Crippen LogP contribution in [0, 0.1) is 5.92 Å². The highest BCUT2D eigenvalue weighted by atomic mass is 16.3. The van der Waals surface area contributed by atoms with Gasteiger partial charge in [0, 0.05) is 0 Å². The molecule has 0 radical (unpaired) electrons. The zero-order valence-corrected chi connectivity index (χ0v) is 13.0. The normalized spacial score (nSPS) is 15.6. The summed E-state index contributed by atoms with van der Waals surface area (Å²) in [7, 11) is 0. The Bertz CT molecular complexity index is 375. The van der Waals surface area contributed by atoms with Crippen LogP contribution in [0.4, 0.5) is 0 Å². The van der Waals surface area contributed by atoms with Gasteiger partial charge in [0.1, 0.15) is 0 Å². The number of hydrogen-bond donors (Lipinski definition) is 2. The third-order valence-corrected chi connectivity index (χ3v) is 3.62. The zero-order chi connectivity index (χ0) is 14.6. The molecule has 2 atom stereocenters. The molecule has 0 saturated carbocycles. The number of aliphatic hydroxyl groups excluding tert-OH is 1. The lowest BCUT2D eigenvalue weighted by molar-refractivity contribution is 0.128. The Kier molecular flexibility index (Phi) is 5.57. The summed E-state index contributed by atoms with van der Waals surface area (Å²) in [4.78, 5) is 0. The van der Waals surface area contributed by atoms with E-state index in [1.807, 2.05) is 12.1 Å². The van der Waals surface area contributed by atoms with Crippen molar-refractivity contribution in [3.05, 3.63) is 35.4 Å². The van der Waals surface area contributed by atoms with E-state index in [1.54, 1.807) is 0 Å². The molecular weight excluding hydrogens is 234 g/mol. The second kappa shape index (κ2) is 6.53. The molecule has 3 N–H and O–H groups in total. The summed E-state index contributed by atoms with van der Waals surface area (Å²) in [5, 5.41) is 10.1. The van der Waals surface area contributed by atoms with Gasteiger partial charge in [0.05, 0.1) is 12.1 Å². The first-order valence-corrected chi connectivity index (χ1v) is 7.26. The predicted octanol–water partition coefficient (Wildman–Crippen LogP) is 3.78. The van der Waals surface area contributed by atoms with Crippen LogP contribution in [0.3, 0.4) is 0 Å². The van der Waals surface area contributed by atoms with Gasteiger partial charge in [-0.3, -0.25) is 0 Å². The molecule has 1 aromatic rings. The third-order valence-electron chi connectivity index (χ3n) is 3.62. The van der Waals surface area contributed by atoms with E-state index in [4.69, 9.17) is 5.73 Å². The minimum Gasteiger partial charge on any atom is -0.391 e. The summed E-state index contributed by atoms with van der Waals surface area (Å²) in [6, 6.07) is 8.04. The number of aliphatic hydroxyl groups is 1. The van der Waals surface area contributed by atoms with Gasteiger partial charge in [0.25, 0.3) is 0 Å². The van der Waals surface area contributed by atoms with Crippen molar-refractivity contribution in [2.75, 3.05) is 0 Å². The average Bonchev–Trinajstić information content (AvgIpc) is 2.34. The molecule has 2 heteroatoms. The second-order valence-corrected chi connectivity index (χ2v) is 6.94. The van der Waals surface area contributed by atoms with E-state index < -0.39 is 6.10 Å².